The summed E-state index contributed by atoms with van der Waals surface area (Å²) in [6.07, 6.45) is 0. The Morgan fingerprint density at radius 2 is 1.27 bits per heavy atom. The van der Waals surface area contributed by atoms with Crippen LogP contribution in [0.2, 0.25) is 0 Å². The van der Waals surface area contributed by atoms with E-state index in [1.165, 1.54) is 0 Å². The molecule has 0 aromatic rings. The van der Waals surface area contributed by atoms with Gasteiger partial charge < -0.3 is 1.43 Å². The number of hydrogen-bond donors (Lipinski definition) is 2. The van der Waals surface area contributed by atoms with Gasteiger partial charge in [0.25, 0.3) is 20.2 Å². The van der Waals surface area contributed by atoms with Gasteiger partial charge in [-0.15, -0.1) is 0 Å². The molecule has 64 valence electrons. The SMILES string of the molecule is CC(S(=O)(=O)O)S(=O)(=O)O.[H-].[K+]. The number of rotatable bonds is 2. The molecule has 0 radical (unpaired) electrons. The van der Waals surface area contributed by atoms with Crippen LogP contribution in [0.3, 0.4) is 0 Å². The summed E-state index contributed by atoms with van der Waals surface area (Å²) in [6.45, 7) is 0.657. The first kappa shape index (κ1) is 15.0. The molecule has 0 aromatic carbocycles. The van der Waals surface area contributed by atoms with Gasteiger partial charge in [0.05, 0.1) is 0 Å². The third-order valence-corrected chi connectivity index (χ3v) is 3.98. The van der Waals surface area contributed by atoms with Crippen LogP contribution in [-0.2, 0) is 20.2 Å². The zero-order valence-corrected chi connectivity index (χ0v) is 10.7. The zero-order valence-electron chi connectivity index (χ0n) is 6.92. The standard InChI is InChI=1S/C2H6O6S2.K.H/c1-2(9(3,4)5)10(6,7)8;;/h2H,1H3,(H,3,4,5)(H,6,7,8);;/q;+1;-1. The van der Waals surface area contributed by atoms with Crippen LogP contribution in [0.1, 0.15) is 8.35 Å². The molecule has 0 saturated carbocycles. The normalized spacial score (nSPS) is 12.7. The van der Waals surface area contributed by atoms with Gasteiger partial charge in [-0.3, -0.25) is 9.11 Å². The van der Waals surface area contributed by atoms with E-state index in [0.717, 1.165) is 0 Å². The Balaban J connectivity index is -0.000000405. The molecular weight excluding hydrogens is 223 g/mol. The summed E-state index contributed by atoms with van der Waals surface area (Å²) in [5.41, 5.74) is 0. The van der Waals surface area contributed by atoms with Gasteiger partial charge in [0.15, 0.2) is 0 Å². The maximum absolute atomic E-state index is 9.99. The van der Waals surface area contributed by atoms with Crippen molar-refractivity contribution in [1.82, 2.24) is 0 Å². The van der Waals surface area contributed by atoms with Gasteiger partial charge in [0.2, 0.25) is 4.58 Å². The Bertz CT molecular complexity index is 272. The Labute approximate surface area is 109 Å². The van der Waals surface area contributed by atoms with E-state index in [2.05, 4.69) is 0 Å². The summed E-state index contributed by atoms with van der Waals surface area (Å²) in [6, 6.07) is 0. The maximum atomic E-state index is 9.99. The molecule has 0 heterocycles. The van der Waals surface area contributed by atoms with E-state index < -0.39 is 24.8 Å². The molecule has 0 rings (SSSR count). The predicted octanol–water partition coefficient (Wildman–Crippen LogP) is -3.78. The second-order valence-electron chi connectivity index (χ2n) is 1.60. The van der Waals surface area contributed by atoms with Crippen molar-refractivity contribution in [3.8, 4) is 0 Å². The van der Waals surface area contributed by atoms with E-state index in [1.54, 1.807) is 0 Å². The summed E-state index contributed by atoms with van der Waals surface area (Å²) < 4.78 is 53.9. The molecule has 0 unspecified atom stereocenters. The van der Waals surface area contributed by atoms with Crippen LogP contribution in [-0.4, -0.2) is 30.5 Å². The quantitative estimate of drug-likeness (QED) is 0.372. The van der Waals surface area contributed by atoms with Crippen LogP contribution in [0.15, 0.2) is 0 Å². The zero-order chi connectivity index (χ0) is 8.58. The summed E-state index contributed by atoms with van der Waals surface area (Å²) >= 11 is 0. The Morgan fingerprint density at radius 1 is 1.09 bits per heavy atom. The van der Waals surface area contributed by atoms with Gasteiger partial charge in [0, 0.05) is 0 Å². The monoisotopic (exact) mass is 230 g/mol. The summed E-state index contributed by atoms with van der Waals surface area (Å²) in [7, 11) is -9.40. The first-order chi connectivity index (χ1) is 4.15. The third-order valence-electron chi connectivity index (χ3n) is 0.839. The van der Waals surface area contributed by atoms with Crippen molar-refractivity contribution in [3.05, 3.63) is 0 Å². The van der Waals surface area contributed by atoms with Gasteiger partial charge in [-0.25, -0.2) is 0 Å². The molecule has 0 fully saturated rings. The topological polar surface area (TPSA) is 109 Å². The van der Waals surface area contributed by atoms with E-state index in [-0.39, 0.29) is 52.8 Å². The van der Waals surface area contributed by atoms with Crippen molar-refractivity contribution in [1.29, 1.82) is 0 Å². The molecule has 0 aliphatic rings. The van der Waals surface area contributed by atoms with Crippen LogP contribution in [0, 0.1) is 0 Å². The van der Waals surface area contributed by atoms with Crippen LogP contribution in [0.25, 0.3) is 0 Å². The average molecular weight is 230 g/mol. The summed E-state index contributed by atoms with van der Waals surface area (Å²) in [5.74, 6) is 0. The Kier molecular flexibility index (Phi) is 6.29. The van der Waals surface area contributed by atoms with Crippen molar-refractivity contribution >= 4 is 20.2 Å². The molecule has 0 aliphatic heterocycles. The Hall–Kier alpha value is 1.46. The first-order valence-corrected chi connectivity index (χ1v) is 5.09. The molecule has 9 heteroatoms. The molecule has 0 bridgehead atoms. The van der Waals surface area contributed by atoms with E-state index >= 15 is 0 Å². The molecule has 0 spiro atoms. The molecule has 0 aromatic heterocycles. The van der Waals surface area contributed by atoms with E-state index in [0.29, 0.717) is 6.92 Å². The van der Waals surface area contributed by atoms with Crippen LogP contribution in [0.4, 0.5) is 0 Å². The fraction of sp³-hybridized carbons (Fsp3) is 1.00. The fourth-order valence-electron chi connectivity index (χ4n) is 0.154. The fourth-order valence-corrected chi connectivity index (χ4v) is 1.38. The van der Waals surface area contributed by atoms with Crippen LogP contribution >= 0.6 is 0 Å². The van der Waals surface area contributed by atoms with Crippen molar-refractivity contribution in [2.75, 3.05) is 0 Å². The summed E-state index contributed by atoms with van der Waals surface area (Å²) in [5, 5.41) is 0. The first-order valence-electron chi connectivity index (χ1n) is 2.08. The minimum atomic E-state index is -4.70. The maximum Gasteiger partial charge on any atom is 1.00 e. The van der Waals surface area contributed by atoms with Crippen molar-refractivity contribution in [3.63, 3.8) is 0 Å². The van der Waals surface area contributed by atoms with Crippen molar-refractivity contribution in [2.45, 2.75) is 11.5 Å². The molecule has 0 saturated heterocycles. The Morgan fingerprint density at radius 3 is 1.27 bits per heavy atom. The van der Waals surface area contributed by atoms with E-state index in [4.69, 9.17) is 9.11 Å². The molecule has 2 N–H and O–H groups in total. The molecule has 11 heavy (non-hydrogen) atoms. The molecule has 0 amide bonds. The number of hydrogen-bond acceptors (Lipinski definition) is 4. The van der Waals surface area contributed by atoms with Gasteiger partial charge in [-0.1, -0.05) is 0 Å². The van der Waals surface area contributed by atoms with Crippen molar-refractivity contribution in [2.24, 2.45) is 0 Å². The summed E-state index contributed by atoms with van der Waals surface area (Å²) in [4.78, 5) is 0. The second kappa shape index (κ2) is 4.63. The van der Waals surface area contributed by atoms with E-state index in [1.807, 2.05) is 0 Å². The third kappa shape index (κ3) is 5.66. The average Bonchev–Trinajstić information content (AvgIpc) is 1.59. The van der Waals surface area contributed by atoms with Crippen LogP contribution < -0.4 is 51.4 Å². The van der Waals surface area contributed by atoms with Gasteiger partial charge >= 0.3 is 51.4 Å². The van der Waals surface area contributed by atoms with E-state index in [9.17, 15) is 16.8 Å². The molecular formula is C2H7KO6S2. The predicted molar refractivity (Wildman–Crippen MR) is 33.7 cm³/mol. The molecule has 0 atom stereocenters. The largest absolute Gasteiger partial charge is 1.00 e. The molecule has 6 nitrogen and oxygen atoms in total. The van der Waals surface area contributed by atoms with Gasteiger partial charge in [-0.2, -0.15) is 16.8 Å². The second-order valence-corrected chi connectivity index (χ2v) is 5.37. The van der Waals surface area contributed by atoms with Crippen LogP contribution in [0.5, 0.6) is 0 Å². The van der Waals surface area contributed by atoms with Crippen molar-refractivity contribution < 1.29 is 78.8 Å². The minimum absolute atomic E-state index is 0. The molecule has 0 aliphatic carbocycles. The van der Waals surface area contributed by atoms with Gasteiger partial charge in [0.1, 0.15) is 0 Å². The smallest absolute Gasteiger partial charge is 1.00 e. The minimum Gasteiger partial charge on any atom is -1.00 e. The van der Waals surface area contributed by atoms with Gasteiger partial charge in [-0.05, 0) is 6.92 Å².